The summed E-state index contributed by atoms with van der Waals surface area (Å²) in [6, 6.07) is 10.1. The van der Waals surface area contributed by atoms with E-state index in [1.54, 1.807) is 0 Å². The van der Waals surface area contributed by atoms with Crippen molar-refractivity contribution in [3.63, 3.8) is 0 Å². The maximum Gasteiger partial charge on any atom is 0.131 e. The fraction of sp³-hybridized carbons (Fsp3) is 0.353. The Morgan fingerprint density at radius 3 is 1.83 bits per heavy atom. The molecule has 3 rings (SSSR count). The van der Waals surface area contributed by atoms with E-state index in [1.165, 1.54) is 0 Å². The van der Waals surface area contributed by atoms with Gasteiger partial charge in [-0.05, 0) is 52.0 Å². The van der Waals surface area contributed by atoms with E-state index in [-0.39, 0.29) is 0 Å². The average Bonchev–Trinajstić information content (AvgIpc) is 3.00. The highest BCUT2D eigenvalue weighted by Crippen LogP contribution is 2.14. The third kappa shape index (κ3) is 3.41. The molecule has 0 aliphatic heterocycles. The van der Waals surface area contributed by atoms with Crippen LogP contribution in [0.25, 0.3) is 0 Å². The Morgan fingerprint density at radius 1 is 0.870 bits per heavy atom. The SMILES string of the molecule is Cc1cc(C)n(CN(Cn2nc(C)cc2C)c2ccccn2)n1. The van der Waals surface area contributed by atoms with E-state index in [0.717, 1.165) is 28.6 Å². The van der Waals surface area contributed by atoms with Gasteiger partial charge in [0.05, 0.1) is 11.4 Å². The van der Waals surface area contributed by atoms with E-state index in [1.807, 2.05) is 47.6 Å². The van der Waals surface area contributed by atoms with E-state index in [2.05, 4.69) is 46.1 Å². The van der Waals surface area contributed by atoms with Gasteiger partial charge >= 0.3 is 0 Å². The molecule has 3 aromatic heterocycles. The quantitative estimate of drug-likeness (QED) is 0.727. The van der Waals surface area contributed by atoms with Gasteiger partial charge < -0.3 is 4.90 Å². The molecule has 3 heterocycles. The first kappa shape index (κ1) is 15.3. The number of pyridine rings is 1. The lowest BCUT2D eigenvalue weighted by molar-refractivity contribution is 0.481. The molecule has 0 aliphatic carbocycles. The molecular weight excluding hydrogens is 288 g/mol. The van der Waals surface area contributed by atoms with Gasteiger partial charge in [0.25, 0.3) is 0 Å². The largest absolute Gasteiger partial charge is 0.317 e. The molecule has 0 atom stereocenters. The number of hydrogen-bond donors (Lipinski definition) is 0. The Kier molecular flexibility index (Phi) is 4.14. The molecule has 0 saturated carbocycles. The Bertz CT molecular complexity index is 739. The standard InChI is InChI=1S/C17H22N6/c1-13-9-15(3)22(19-13)11-21(17-7-5-6-8-18-17)12-23-16(4)10-14(2)20-23/h5-10H,11-12H2,1-4H3. The molecule has 0 bridgehead atoms. The van der Waals surface area contributed by atoms with Crippen molar-refractivity contribution in [1.29, 1.82) is 0 Å². The molecule has 0 radical (unpaired) electrons. The first-order chi connectivity index (χ1) is 11.0. The van der Waals surface area contributed by atoms with Gasteiger partial charge in [-0.2, -0.15) is 10.2 Å². The topological polar surface area (TPSA) is 51.8 Å². The molecule has 3 aromatic rings. The van der Waals surface area contributed by atoms with Crippen LogP contribution < -0.4 is 4.90 Å². The summed E-state index contributed by atoms with van der Waals surface area (Å²) in [4.78, 5) is 6.65. The molecule has 0 unspecified atom stereocenters. The summed E-state index contributed by atoms with van der Waals surface area (Å²) in [5.74, 6) is 0.910. The van der Waals surface area contributed by atoms with E-state index in [0.29, 0.717) is 13.3 Å². The minimum Gasteiger partial charge on any atom is -0.317 e. The first-order valence-corrected chi connectivity index (χ1v) is 7.71. The highest BCUT2D eigenvalue weighted by Gasteiger charge is 2.13. The molecule has 23 heavy (non-hydrogen) atoms. The molecule has 0 saturated heterocycles. The smallest absolute Gasteiger partial charge is 0.131 e. The van der Waals surface area contributed by atoms with Crippen molar-refractivity contribution in [2.24, 2.45) is 0 Å². The third-order valence-electron chi connectivity index (χ3n) is 3.79. The number of rotatable bonds is 5. The molecule has 6 heteroatoms. The maximum absolute atomic E-state index is 4.56. The van der Waals surface area contributed by atoms with Crippen LogP contribution in [0, 0.1) is 27.7 Å². The fourth-order valence-electron chi connectivity index (χ4n) is 2.69. The van der Waals surface area contributed by atoms with E-state index < -0.39 is 0 Å². The molecule has 0 fully saturated rings. The Hall–Kier alpha value is -2.63. The van der Waals surface area contributed by atoms with Crippen LogP contribution in [0.5, 0.6) is 0 Å². The molecule has 6 nitrogen and oxygen atoms in total. The van der Waals surface area contributed by atoms with Gasteiger partial charge in [-0.15, -0.1) is 0 Å². The van der Waals surface area contributed by atoms with E-state index >= 15 is 0 Å². The summed E-state index contributed by atoms with van der Waals surface area (Å²) in [6.07, 6.45) is 1.81. The van der Waals surface area contributed by atoms with Gasteiger partial charge in [0.15, 0.2) is 0 Å². The van der Waals surface area contributed by atoms with E-state index in [4.69, 9.17) is 0 Å². The zero-order valence-corrected chi connectivity index (χ0v) is 14.1. The zero-order valence-electron chi connectivity index (χ0n) is 14.1. The second-order valence-electron chi connectivity index (χ2n) is 5.86. The first-order valence-electron chi connectivity index (χ1n) is 7.71. The number of aryl methyl sites for hydroxylation is 4. The predicted octanol–water partition coefficient (Wildman–Crippen LogP) is 2.83. The Morgan fingerprint density at radius 2 is 1.43 bits per heavy atom. The van der Waals surface area contributed by atoms with Crippen molar-refractivity contribution < 1.29 is 0 Å². The van der Waals surface area contributed by atoms with Crippen LogP contribution in [0.15, 0.2) is 36.5 Å². The van der Waals surface area contributed by atoms with Crippen molar-refractivity contribution in [3.8, 4) is 0 Å². The van der Waals surface area contributed by atoms with Crippen molar-refractivity contribution in [2.75, 3.05) is 4.90 Å². The van der Waals surface area contributed by atoms with Gasteiger partial charge in [0.2, 0.25) is 0 Å². The van der Waals surface area contributed by atoms with Crippen LogP contribution in [-0.4, -0.2) is 24.5 Å². The monoisotopic (exact) mass is 310 g/mol. The highest BCUT2D eigenvalue weighted by atomic mass is 15.5. The summed E-state index contributed by atoms with van der Waals surface area (Å²) < 4.78 is 3.99. The van der Waals surface area contributed by atoms with Gasteiger partial charge in [0.1, 0.15) is 19.2 Å². The molecular formula is C17H22N6. The summed E-state index contributed by atoms with van der Waals surface area (Å²) in [6.45, 7) is 9.43. The molecule has 0 aromatic carbocycles. The van der Waals surface area contributed by atoms with Gasteiger partial charge in [-0.25, -0.2) is 14.3 Å². The van der Waals surface area contributed by atoms with Crippen LogP contribution in [0.3, 0.4) is 0 Å². The lowest BCUT2D eigenvalue weighted by Crippen LogP contribution is -2.31. The van der Waals surface area contributed by atoms with Crippen LogP contribution in [0.4, 0.5) is 5.82 Å². The van der Waals surface area contributed by atoms with Crippen molar-refractivity contribution in [3.05, 3.63) is 59.3 Å². The maximum atomic E-state index is 4.56. The van der Waals surface area contributed by atoms with Crippen LogP contribution in [0.1, 0.15) is 22.8 Å². The minimum absolute atomic E-state index is 0.634. The predicted molar refractivity (Wildman–Crippen MR) is 90.1 cm³/mol. The lowest BCUT2D eigenvalue weighted by atomic mass is 10.4. The molecule has 0 N–H and O–H groups in total. The Balaban J connectivity index is 1.91. The number of hydrogen-bond acceptors (Lipinski definition) is 4. The van der Waals surface area contributed by atoms with E-state index in [9.17, 15) is 0 Å². The van der Waals surface area contributed by atoms with Crippen molar-refractivity contribution in [2.45, 2.75) is 41.0 Å². The number of nitrogens with zero attached hydrogens (tertiary/aromatic N) is 6. The van der Waals surface area contributed by atoms with Crippen LogP contribution in [-0.2, 0) is 13.3 Å². The molecule has 0 amide bonds. The minimum atomic E-state index is 0.634. The number of aromatic nitrogens is 5. The van der Waals surface area contributed by atoms with Crippen LogP contribution >= 0.6 is 0 Å². The third-order valence-corrected chi connectivity index (χ3v) is 3.79. The summed E-state index contributed by atoms with van der Waals surface area (Å²) >= 11 is 0. The fourth-order valence-corrected chi connectivity index (χ4v) is 2.69. The van der Waals surface area contributed by atoms with Gasteiger partial charge in [-0.1, -0.05) is 6.07 Å². The molecule has 0 spiro atoms. The zero-order chi connectivity index (χ0) is 16.4. The Labute approximate surface area is 136 Å². The van der Waals surface area contributed by atoms with Gasteiger partial charge in [-0.3, -0.25) is 0 Å². The van der Waals surface area contributed by atoms with Crippen molar-refractivity contribution in [1.82, 2.24) is 24.5 Å². The summed E-state index contributed by atoms with van der Waals surface area (Å²) in [5.41, 5.74) is 4.32. The summed E-state index contributed by atoms with van der Waals surface area (Å²) in [5, 5.41) is 9.12. The highest BCUT2D eigenvalue weighted by molar-refractivity contribution is 5.36. The lowest BCUT2D eigenvalue weighted by Gasteiger charge is -2.24. The molecule has 120 valence electrons. The normalized spacial score (nSPS) is 11.0. The van der Waals surface area contributed by atoms with Gasteiger partial charge in [0, 0.05) is 17.6 Å². The number of anilines is 1. The van der Waals surface area contributed by atoms with Crippen LogP contribution in [0.2, 0.25) is 0 Å². The van der Waals surface area contributed by atoms with Crippen molar-refractivity contribution >= 4 is 5.82 Å². The second-order valence-corrected chi connectivity index (χ2v) is 5.86. The average molecular weight is 310 g/mol. The summed E-state index contributed by atoms with van der Waals surface area (Å²) in [7, 11) is 0. The molecule has 0 aliphatic rings. The second kappa shape index (κ2) is 6.24.